The van der Waals surface area contributed by atoms with Crippen LogP contribution in [0.25, 0.3) is 0 Å². The molecular formula is C17H26N2O2. The van der Waals surface area contributed by atoms with Crippen LogP contribution in [0.1, 0.15) is 49.9 Å². The predicted molar refractivity (Wildman–Crippen MR) is 84.8 cm³/mol. The van der Waals surface area contributed by atoms with E-state index in [0.29, 0.717) is 11.6 Å². The van der Waals surface area contributed by atoms with Crippen molar-refractivity contribution in [2.45, 2.75) is 57.7 Å². The summed E-state index contributed by atoms with van der Waals surface area (Å²) in [4.78, 5) is 12.3. The maximum Gasteiger partial charge on any atom is 0.251 e. The van der Waals surface area contributed by atoms with E-state index in [4.69, 9.17) is 4.74 Å². The van der Waals surface area contributed by atoms with Gasteiger partial charge in [0.05, 0.1) is 6.10 Å². The minimum atomic E-state index is -0.00267. The van der Waals surface area contributed by atoms with Gasteiger partial charge in [0.15, 0.2) is 0 Å². The summed E-state index contributed by atoms with van der Waals surface area (Å²) in [5.41, 5.74) is 0.670. The number of carbonyl (C=O) groups excluding carboxylic acids is 1. The lowest BCUT2D eigenvalue weighted by molar-refractivity contribution is 0.0924. The molecular weight excluding hydrogens is 264 g/mol. The Morgan fingerprint density at radius 2 is 1.86 bits per heavy atom. The summed E-state index contributed by atoms with van der Waals surface area (Å²) < 4.78 is 5.64. The zero-order chi connectivity index (χ0) is 15.2. The second kappa shape index (κ2) is 7.46. The molecule has 1 aliphatic rings. The van der Waals surface area contributed by atoms with Gasteiger partial charge in [-0.1, -0.05) is 6.07 Å². The summed E-state index contributed by atoms with van der Waals surface area (Å²) in [6, 6.07) is 8.29. The van der Waals surface area contributed by atoms with Crippen LogP contribution in [-0.4, -0.2) is 31.1 Å². The van der Waals surface area contributed by atoms with Crippen LogP contribution in [0, 0.1) is 0 Å². The van der Waals surface area contributed by atoms with E-state index >= 15 is 0 Å². The highest BCUT2D eigenvalue weighted by molar-refractivity contribution is 5.94. The average molecular weight is 290 g/mol. The summed E-state index contributed by atoms with van der Waals surface area (Å²) in [6.07, 6.45) is 4.44. The summed E-state index contributed by atoms with van der Waals surface area (Å²) >= 11 is 0. The van der Waals surface area contributed by atoms with Crippen molar-refractivity contribution >= 4 is 5.91 Å². The quantitative estimate of drug-likeness (QED) is 0.876. The molecule has 4 heteroatoms. The fourth-order valence-electron chi connectivity index (χ4n) is 2.78. The highest BCUT2D eigenvalue weighted by Crippen LogP contribution is 2.20. The Kier molecular flexibility index (Phi) is 5.62. The minimum absolute atomic E-state index is 0.00267. The topological polar surface area (TPSA) is 50.4 Å². The lowest BCUT2D eigenvalue weighted by Gasteiger charge is -2.28. The first-order chi connectivity index (χ1) is 10.1. The molecule has 0 saturated heterocycles. The number of ether oxygens (including phenoxy) is 1. The summed E-state index contributed by atoms with van der Waals surface area (Å²) in [5.74, 6) is 0.744. The van der Waals surface area contributed by atoms with Gasteiger partial charge in [0.1, 0.15) is 5.75 Å². The third kappa shape index (κ3) is 4.74. The van der Waals surface area contributed by atoms with E-state index in [1.165, 1.54) is 0 Å². The van der Waals surface area contributed by atoms with Gasteiger partial charge in [-0.3, -0.25) is 4.79 Å². The first-order valence-corrected chi connectivity index (χ1v) is 7.83. The van der Waals surface area contributed by atoms with Gasteiger partial charge in [0.25, 0.3) is 5.91 Å². The minimum Gasteiger partial charge on any atom is -0.491 e. The molecule has 1 saturated carbocycles. The Hall–Kier alpha value is -1.55. The van der Waals surface area contributed by atoms with Crippen LogP contribution in [0.5, 0.6) is 5.75 Å². The Morgan fingerprint density at radius 1 is 1.19 bits per heavy atom. The third-order valence-corrected chi connectivity index (χ3v) is 3.94. The van der Waals surface area contributed by atoms with E-state index in [2.05, 4.69) is 10.6 Å². The molecule has 1 aromatic rings. The molecule has 0 heterocycles. The van der Waals surface area contributed by atoms with E-state index in [1.807, 2.05) is 45.2 Å². The summed E-state index contributed by atoms with van der Waals surface area (Å²) in [7, 11) is 2.00. The van der Waals surface area contributed by atoms with Gasteiger partial charge in [-0.25, -0.2) is 0 Å². The van der Waals surface area contributed by atoms with Crippen LogP contribution in [0.4, 0.5) is 0 Å². The van der Waals surface area contributed by atoms with E-state index in [9.17, 15) is 4.79 Å². The van der Waals surface area contributed by atoms with Crippen molar-refractivity contribution in [1.29, 1.82) is 0 Å². The molecule has 2 N–H and O–H groups in total. The molecule has 1 amide bonds. The van der Waals surface area contributed by atoms with Gasteiger partial charge >= 0.3 is 0 Å². The first-order valence-electron chi connectivity index (χ1n) is 7.83. The SMILES string of the molecule is CNC1CCC(NC(=O)c2cccc(OC(C)C)c2)CC1. The van der Waals surface area contributed by atoms with E-state index in [-0.39, 0.29) is 18.1 Å². The molecule has 0 bridgehead atoms. The molecule has 1 fully saturated rings. The monoisotopic (exact) mass is 290 g/mol. The van der Waals surface area contributed by atoms with Crippen molar-refractivity contribution in [1.82, 2.24) is 10.6 Å². The molecule has 0 unspecified atom stereocenters. The Morgan fingerprint density at radius 3 is 2.48 bits per heavy atom. The highest BCUT2D eigenvalue weighted by Gasteiger charge is 2.21. The van der Waals surface area contributed by atoms with Crippen molar-refractivity contribution in [2.24, 2.45) is 0 Å². The number of benzene rings is 1. The second-order valence-corrected chi connectivity index (χ2v) is 6.01. The molecule has 1 aromatic carbocycles. The molecule has 0 aliphatic heterocycles. The van der Waals surface area contributed by atoms with Crippen LogP contribution in [-0.2, 0) is 0 Å². The van der Waals surface area contributed by atoms with E-state index in [1.54, 1.807) is 0 Å². The highest BCUT2D eigenvalue weighted by atomic mass is 16.5. The molecule has 21 heavy (non-hydrogen) atoms. The van der Waals surface area contributed by atoms with Gasteiger partial charge in [0, 0.05) is 17.6 Å². The van der Waals surface area contributed by atoms with Gasteiger partial charge < -0.3 is 15.4 Å². The largest absolute Gasteiger partial charge is 0.491 e. The van der Waals surface area contributed by atoms with E-state index in [0.717, 1.165) is 31.4 Å². The van der Waals surface area contributed by atoms with Gasteiger partial charge in [-0.2, -0.15) is 0 Å². The van der Waals surface area contributed by atoms with Crippen molar-refractivity contribution in [3.05, 3.63) is 29.8 Å². The lowest BCUT2D eigenvalue weighted by Crippen LogP contribution is -2.41. The maximum atomic E-state index is 12.3. The van der Waals surface area contributed by atoms with Crippen molar-refractivity contribution in [3.8, 4) is 5.75 Å². The zero-order valence-corrected chi connectivity index (χ0v) is 13.2. The molecule has 116 valence electrons. The number of nitrogens with one attached hydrogen (secondary N) is 2. The Balaban J connectivity index is 1.91. The first kappa shape index (κ1) is 15.8. The van der Waals surface area contributed by atoms with Crippen LogP contribution in [0.15, 0.2) is 24.3 Å². The van der Waals surface area contributed by atoms with Gasteiger partial charge in [-0.15, -0.1) is 0 Å². The normalized spacial score (nSPS) is 22.1. The van der Waals surface area contributed by atoms with Gasteiger partial charge in [-0.05, 0) is 64.8 Å². The van der Waals surface area contributed by atoms with E-state index < -0.39 is 0 Å². The number of hydrogen-bond donors (Lipinski definition) is 2. The fourth-order valence-corrected chi connectivity index (χ4v) is 2.78. The second-order valence-electron chi connectivity index (χ2n) is 6.01. The Labute approximate surface area is 127 Å². The molecule has 4 nitrogen and oxygen atoms in total. The van der Waals surface area contributed by atoms with Crippen LogP contribution < -0.4 is 15.4 Å². The molecule has 0 aromatic heterocycles. The summed E-state index contributed by atoms with van der Waals surface area (Å²) in [6.45, 7) is 3.96. The number of carbonyl (C=O) groups is 1. The van der Waals surface area contributed by atoms with Crippen molar-refractivity contribution < 1.29 is 9.53 Å². The average Bonchev–Trinajstić information content (AvgIpc) is 2.47. The third-order valence-electron chi connectivity index (χ3n) is 3.94. The maximum absolute atomic E-state index is 12.3. The number of amides is 1. The number of rotatable bonds is 5. The number of hydrogen-bond acceptors (Lipinski definition) is 3. The molecule has 0 atom stereocenters. The molecule has 0 spiro atoms. The smallest absolute Gasteiger partial charge is 0.251 e. The molecule has 2 rings (SSSR count). The van der Waals surface area contributed by atoms with Crippen molar-refractivity contribution in [2.75, 3.05) is 7.05 Å². The zero-order valence-electron chi connectivity index (χ0n) is 13.2. The lowest BCUT2D eigenvalue weighted by atomic mass is 9.91. The van der Waals surface area contributed by atoms with Gasteiger partial charge in [0.2, 0.25) is 0 Å². The molecule has 1 aliphatic carbocycles. The predicted octanol–water partition coefficient (Wildman–Crippen LogP) is 2.73. The molecule has 0 radical (unpaired) electrons. The van der Waals surface area contributed by atoms with Crippen LogP contribution >= 0.6 is 0 Å². The van der Waals surface area contributed by atoms with Crippen LogP contribution in [0.3, 0.4) is 0 Å². The summed E-state index contributed by atoms with van der Waals surface area (Å²) in [5, 5.41) is 6.44. The Bertz CT molecular complexity index is 466. The van der Waals surface area contributed by atoms with Crippen molar-refractivity contribution in [3.63, 3.8) is 0 Å². The fraction of sp³-hybridized carbons (Fsp3) is 0.588. The van der Waals surface area contributed by atoms with Crippen LogP contribution in [0.2, 0.25) is 0 Å². The standard InChI is InChI=1S/C17H26N2O2/c1-12(2)21-16-6-4-5-13(11-16)17(20)19-15-9-7-14(18-3)8-10-15/h4-6,11-12,14-15,18H,7-10H2,1-3H3,(H,19,20).